The molecule has 0 unspecified atom stereocenters. The van der Waals surface area contributed by atoms with Gasteiger partial charge in [-0.05, 0) is 42.3 Å². The lowest BCUT2D eigenvalue weighted by Gasteiger charge is -2.22. The molecule has 2 aromatic heterocycles. The van der Waals surface area contributed by atoms with E-state index in [-0.39, 0.29) is 0 Å². The molecule has 3 rings (SSSR count). The summed E-state index contributed by atoms with van der Waals surface area (Å²) >= 11 is 0. The van der Waals surface area contributed by atoms with Crippen molar-refractivity contribution in [3.05, 3.63) is 72.3 Å². The topological polar surface area (TPSA) is 50.4 Å². The Kier molecular flexibility index (Phi) is 5.73. The Morgan fingerprint density at radius 3 is 2.58 bits per heavy atom. The van der Waals surface area contributed by atoms with Crippen LogP contribution in [0.25, 0.3) is 5.69 Å². The SMILES string of the molecule is CN=C(NCCc1ccc(-n2cccn2)cc1)N(C)Cc1cccn1C. The minimum absolute atomic E-state index is 0.821. The van der Waals surface area contributed by atoms with Gasteiger partial charge in [0.15, 0.2) is 5.96 Å². The Morgan fingerprint density at radius 2 is 1.96 bits per heavy atom. The number of aromatic nitrogens is 3. The summed E-state index contributed by atoms with van der Waals surface area (Å²) < 4.78 is 3.99. The van der Waals surface area contributed by atoms with E-state index in [1.54, 1.807) is 6.20 Å². The number of nitrogens with zero attached hydrogens (tertiary/aromatic N) is 5. The molecule has 0 fully saturated rings. The van der Waals surface area contributed by atoms with Gasteiger partial charge in [0.25, 0.3) is 0 Å². The van der Waals surface area contributed by atoms with E-state index in [0.29, 0.717) is 0 Å². The van der Waals surface area contributed by atoms with E-state index in [1.807, 2.05) is 24.0 Å². The fourth-order valence-corrected chi connectivity index (χ4v) is 2.92. The third kappa shape index (κ3) is 4.33. The molecule has 6 nitrogen and oxygen atoms in total. The maximum Gasteiger partial charge on any atom is 0.193 e. The second-order valence-electron chi connectivity index (χ2n) is 6.31. The quantitative estimate of drug-likeness (QED) is 0.549. The fraction of sp³-hybridized carbons (Fsp3) is 0.300. The number of hydrogen-bond donors (Lipinski definition) is 1. The van der Waals surface area contributed by atoms with Crippen LogP contribution in [0.15, 0.2) is 66.0 Å². The van der Waals surface area contributed by atoms with Crippen LogP contribution in [0.5, 0.6) is 0 Å². The predicted molar refractivity (Wildman–Crippen MR) is 106 cm³/mol. The number of hydrogen-bond acceptors (Lipinski definition) is 2. The van der Waals surface area contributed by atoms with Gasteiger partial charge >= 0.3 is 0 Å². The van der Waals surface area contributed by atoms with Crippen LogP contribution in [0.3, 0.4) is 0 Å². The monoisotopic (exact) mass is 350 g/mol. The minimum atomic E-state index is 0.821. The first kappa shape index (κ1) is 17.8. The van der Waals surface area contributed by atoms with Gasteiger partial charge in [-0.3, -0.25) is 4.99 Å². The molecular weight excluding hydrogens is 324 g/mol. The molecule has 0 radical (unpaired) electrons. The molecule has 0 saturated carbocycles. The van der Waals surface area contributed by atoms with E-state index in [4.69, 9.17) is 0 Å². The molecule has 1 aromatic carbocycles. The zero-order chi connectivity index (χ0) is 18.4. The highest BCUT2D eigenvalue weighted by Gasteiger charge is 2.08. The second-order valence-corrected chi connectivity index (χ2v) is 6.31. The summed E-state index contributed by atoms with van der Waals surface area (Å²) in [7, 11) is 5.94. The van der Waals surface area contributed by atoms with Crippen molar-refractivity contribution in [1.29, 1.82) is 0 Å². The summed E-state index contributed by atoms with van der Waals surface area (Å²) in [5.41, 5.74) is 3.61. The van der Waals surface area contributed by atoms with Crippen molar-refractivity contribution in [3.8, 4) is 5.69 Å². The van der Waals surface area contributed by atoms with Crippen LogP contribution in [-0.4, -0.2) is 45.8 Å². The van der Waals surface area contributed by atoms with Gasteiger partial charge in [-0.25, -0.2) is 4.68 Å². The van der Waals surface area contributed by atoms with E-state index in [1.165, 1.54) is 11.3 Å². The molecule has 0 aliphatic heterocycles. The first-order valence-electron chi connectivity index (χ1n) is 8.78. The van der Waals surface area contributed by atoms with Gasteiger partial charge in [0.05, 0.1) is 12.2 Å². The van der Waals surface area contributed by atoms with E-state index in [2.05, 4.69) is 81.6 Å². The highest BCUT2D eigenvalue weighted by atomic mass is 15.3. The average Bonchev–Trinajstić information content (AvgIpc) is 3.32. The molecule has 0 aliphatic carbocycles. The molecule has 0 spiro atoms. The van der Waals surface area contributed by atoms with E-state index >= 15 is 0 Å². The Morgan fingerprint density at radius 1 is 1.15 bits per heavy atom. The molecule has 136 valence electrons. The standard InChI is InChI=1S/C20H26N6/c1-21-20(25(3)16-19-6-4-14-24(19)2)22-13-11-17-7-9-18(10-8-17)26-15-5-12-23-26/h4-10,12,14-15H,11,13,16H2,1-3H3,(H,21,22). The smallest absolute Gasteiger partial charge is 0.193 e. The van der Waals surface area contributed by atoms with Crippen LogP contribution >= 0.6 is 0 Å². The van der Waals surface area contributed by atoms with Crippen molar-refractivity contribution in [2.45, 2.75) is 13.0 Å². The lowest BCUT2D eigenvalue weighted by Crippen LogP contribution is -2.39. The van der Waals surface area contributed by atoms with Gasteiger partial charge in [0, 0.05) is 52.0 Å². The molecule has 0 aliphatic rings. The van der Waals surface area contributed by atoms with Crippen molar-refractivity contribution in [2.24, 2.45) is 12.0 Å². The lowest BCUT2D eigenvalue weighted by molar-refractivity contribution is 0.462. The molecule has 0 saturated heterocycles. The average molecular weight is 350 g/mol. The van der Waals surface area contributed by atoms with Gasteiger partial charge < -0.3 is 14.8 Å². The molecule has 0 amide bonds. The Balaban J connectivity index is 1.50. The van der Waals surface area contributed by atoms with Crippen LogP contribution in [-0.2, 0) is 20.0 Å². The highest BCUT2D eigenvalue weighted by Crippen LogP contribution is 2.09. The summed E-state index contributed by atoms with van der Waals surface area (Å²) in [6.45, 7) is 1.66. The van der Waals surface area contributed by atoms with Crippen LogP contribution in [0.2, 0.25) is 0 Å². The van der Waals surface area contributed by atoms with Crippen molar-refractivity contribution >= 4 is 5.96 Å². The van der Waals surface area contributed by atoms with Gasteiger partial charge in [-0.2, -0.15) is 5.10 Å². The van der Waals surface area contributed by atoms with Crippen molar-refractivity contribution < 1.29 is 0 Å². The maximum atomic E-state index is 4.39. The zero-order valence-electron chi connectivity index (χ0n) is 15.6. The molecule has 2 heterocycles. The third-order valence-electron chi connectivity index (χ3n) is 4.43. The lowest BCUT2D eigenvalue weighted by atomic mass is 10.1. The molecule has 26 heavy (non-hydrogen) atoms. The van der Waals surface area contributed by atoms with Gasteiger partial charge in [-0.15, -0.1) is 0 Å². The van der Waals surface area contributed by atoms with Crippen LogP contribution < -0.4 is 5.32 Å². The summed E-state index contributed by atoms with van der Waals surface area (Å²) in [4.78, 5) is 6.52. The molecule has 0 bridgehead atoms. The van der Waals surface area contributed by atoms with Crippen LogP contribution in [0.1, 0.15) is 11.3 Å². The van der Waals surface area contributed by atoms with Crippen molar-refractivity contribution in [3.63, 3.8) is 0 Å². The molecule has 1 N–H and O–H groups in total. The fourth-order valence-electron chi connectivity index (χ4n) is 2.92. The van der Waals surface area contributed by atoms with E-state index in [0.717, 1.165) is 31.2 Å². The van der Waals surface area contributed by atoms with Crippen LogP contribution in [0.4, 0.5) is 0 Å². The number of aliphatic imine (C=N–C) groups is 1. The number of nitrogens with one attached hydrogen (secondary N) is 1. The number of guanidine groups is 1. The summed E-state index contributed by atoms with van der Waals surface area (Å²) in [6.07, 6.45) is 6.74. The molecule has 0 atom stereocenters. The van der Waals surface area contributed by atoms with Crippen molar-refractivity contribution in [2.75, 3.05) is 20.6 Å². The molecular formula is C20H26N6. The Labute approximate surface area is 154 Å². The van der Waals surface area contributed by atoms with E-state index < -0.39 is 0 Å². The first-order chi connectivity index (χ1) is 12.7. The second kappa shape index (κ2) is 8.38. The van der Waals surface area contributed by atoms with E-state index in [9.17, 15) is 0 Å². The van der Waals surface area contributed by atoms with Gasteiger partial charge in [0.1, 0.15) is 0 Å². The zero-order valence-corrected chi connectivity index (χ0v) is 15.6. The normalized spacial score (nSPS) is 11.6. The summed E-state index contributed by atoms with van der Waals surface area (Å²) in [6, 6.07) is 14.6. The Hall–Kier alpha value is -3.02. The van der Waals surface area contributed by atoms with Crippen LogP contribution in [0, 0.1) is 0 Å². The third-order valence-corrected chi connectivity index (χ3v) is 4.43. The first-order valence-corrected chi connectivity index (χ1v) is 8.78. The molecule has 3 aromatic rings. The largest absolute Gasteiger partial charge is 0.356 e. The van der Waals surface area contributed by atoms with Gasteiger partial charge in [-0.1, -0.05) is 12.1 Å². The molecule has 6 heteroatoms. The Bertz CT molecular complexity index is 830. The number of aryl methyl sites for hydroxylation is 1. The number of rotatable bonds is 6. The minimum Gasteiger partial charge on any atom is -0.356 e. The maximum absolute atomic E-state index is 4.39. The highest BCUT2D eigenvalue weighted by molar-refractivity contribution is 5.79. The summed E-state index contributed by atoms with van der Waals surface area (Å²) in [5.74, 6) is 0.902. The summed E-state index contributed by atoms with van der Waals surface area (Å²) in [5, 5.41) is 7.69. The predicted octanol–water partition coefficient (Wildman–Crippen LogP) is 2.46. The van der Waals surface area contributed by atoms with Crippen molar-refractivity contribution in [1.82, 2.24) is 24.6 Å². The van der Waals surface area contributed by atoms with Gasteiger partial charge in [0.2, 0.25) is 0 Å². The number of benzene rings is 1.